The van der Waals surface area contributed by atoms with E-state index in [1.165, 1.54) is 44.6 Å². The first-order valence-corrected chi connectivity index (χ1v) is 6.55. The van der Waals surface area contributed by atoms with Gasteiger partial charge >= 0.3 is 5.97 Å². The number of benzene rings is 2. The lowest BCUT2D eigenvalue weighted by Gasteiger charge is -2.10. The lowest BCUT2D eigenvalue weighted by atomic mass is 9.97. The average molecular weight is 302 g/mol. The van der Waals surface area contributed by atoms with E-state index in [9.17, 15) is 14.0 Å². The van der Waals surface area contributed by atoms with Gasteiger partial charge in [0.25, 0.3) is 0 Å². The van der Waals surface area contributed by atoms with Crippen molar-refractivity contribution in [3.63, 3.8) is 0 Å². The van der Waals surface area contributed by atoms with Gasteiger partial charge in [0.2, 0.25) is 0 Å². The molecule has 2 rings (SSSR count). The van der Waals surface area contributed by atoms with Gasteiger partial charge in [0.1, 0.15) is 0 Å². The third kappa shape index (κ3) is 2.83. The molecule has 0 heterocycles. The predicted molar refractivity (Wildman–Crippen MR) is 78.9 cm³/mol. The molecular formula is C17H15FO4. The molecule has 5 heteroatoms. The quantitative estimate of drug-likeness (QED) is 0.643. The Labute approximate surface area is 127 Å². The van der Waals surface area contributed by atoms with Gasteiger partial charge in [-0.25, -0.2) is 9.18 Å². The van der Waals surface area contributed by atoms with E-state index in [2.05, 4.69) is 4.74 Å². The Balaban J connectivity index is 2.42. The van der Waals surface area contributed by atoms with Gasteiger partial charge in [-0.3, -0.25) is 4.79 Å². The van der Waals surface area contributed by atoms with Crippen molar-refractivity contribution in [1.82, 2.24) is 0 Å². The van der Waals surface area contributed by atoms with Crippen LogP contribution in [0.1, 0.15) is 31.8 Å². The molecule has 2 aromatic rings. The number of hydrogen-bond acceptors (Lipinski definition) is 4. The van der Waals surface area contributed by atoms with Crippen molar-refractivity contribution in [3.05, 3.63) is 64.5 Å². The van der Waals surface area contributed by atoms with E-state index in [1.54, 1.807) is 13.0 Å². The van der Waals surface area contributed by atoms with Crippen molar-refractivity contribution in [2.45, 2.75) is 6.92 Å². The molecule has 0 aliphatic rings. The summed E-state index contributed by atoms with van der Waals surface area (Å²) < 4.78 is 23.8. The third-order valence-corrected chi connectivity index (χ3v) is 3.33. The van der Waals surface area contributed by atoms with E-state index in [0.29, 0.717) is 11.1 Å². The number of esters is 1. The first-order chi connectivity index (χ1) is 10.5. The third-order valence-electron chi connectivity index (χ3n) is 3.33. The van der Waals surface area contributed by atoms with E-state index in [0.717, 1.165) is 0 Å². The molecule has 0 radical (unpaired) electrons. The molecule has 0 bridgehead atoms. The van der Waals surface area contributed by atoms with Crippen LogP contribution in [0.4, 0.5) is 4.39 Å². The number of methoxy groups -OCH3 is 2. The second-order valence-corrected chi connectivity index (χ2v) is 4.67. The summed E-state index contributed by atoms with van der Waals surface area (Å²) in [6, 6.07) is 8.96. The number of ether oxygens (including phenoxy) is 2. The topological polar surface area (TPSA) is 52.6 Å². The maximum absolute atomic E-state index is 14.3. The minimum atomic E-state index is -0.690. The standard InChI is InChI=1S/C17H15FO4/c1-10-4-9-13(21-2)15(18)14(10)16(19)11-5-7-12(8-6-11)17(20)22-3/h4-9H,1-3H3. The van der Waals surface area contributed by atoms with Crippen LogP contribution in [-0.4, -0.2) is 26.0 Å². The molecule has 0 amide bonds. The molecular weight excluding hydrogens is 287 g/mol. The second kappa shape index (κ2) is 6.39. The SMILES string of the molecule is COC(=O)c1ccc(C(=O)c2c(C)ccc(OC)c2F)cc1. The van der Waals surface area contributed by atoms with Gasteiger partial charge < -0.3 is 9.47 Å². The minimum Gasteiger partial charge on any atom is -0.494 e. The zero-order chi connectivity index (χ0) is 16.3. The monoisotopic (exact) mass is 302 g/mol. The summed E-state index contributed by atoms with van der Waals surface area (Å²) in [5.74, 6) is -1.64. The van der Waals surface area contributed by atoms with Crippen LogP contribution < -0.4 is 4.74 Å². The Morgan fingerprint density at radius 3 is 2.09 bits per heavy atom. The van der Waals surface area contributed by atoms with Gasteiger partial charge in [-0.1, -0.05) is 18.2 Å². The van der Waals surface area contributed by atoms with E-state index in [4.69, 9.17) is 4.74 Å². The van der Waals surface area contributed by atoms with Crippen LogP contribution in [0.3, 0.4) is 0 Å². The fourth-order valence-electron chi connectivity index (χ4n) is 2.11. The molecule has 22 heavy (non-hydrogen) atoms. The highest BCUT2D eigenvalue weighted by atomic mass is 19.1. The Bertz CT molecular complexity index is 720. The van der Waals surface area contributed by atoms with E-state index in [-0.39, 0.29) is 16.9 Å². The molecule has 0 aliphatic carbocycles. The van der Waals surface area contributed by atoms with E-state index < -0.39 is 17.6 Å². The maximum atomic E-state index is 14.3. The van der Waals surface area contributed by atoms with E-state index in [1.807, 2.05) is 0 Å². The minimum absolute atomic E-state index is 0.0140. The van der Waals surface area contributed by atoms with Crippen LogP contribution >= 0.6 is 0 Å². The van der Waals surface area contributed by atoms with Gasteiger partial charge in [0.15, 0.2) is 17.3 Å². The second-order valence-electron chi connectivity index (χ2n) is 4.67. The molecule has 0 N–H and O–H groups in total. The Kier molecular flexibility index (Phi) is 4.56. The number of aryl methyl sites for hydroxylation is 1. The van der Waals surface area contributed by atoms with Crippen molar-refractivity contribution in [2.24, 2.45) is 0 Å². The van der Waals surface area contributed by atoms with E-state index >= 15 is 0 Å². The molecule has 0 aliphatic heterocycles. The number of halogens is 1. The Morgan fingerprint density at radius 2 is 1.55 bits per heavy atom. The van der Waals surface area contributed by atoms with Crippen LogP contribution in [0, 0.1) is 12.7 Å². The molecule has 0 atom stereocenters. The van der Waals surface area contributed by atoms with Crippen LogP contribution in [0.15, 0.2) is 36.4 Å². The molecule has 2 aromatic carbocycles. The van der Waals surface area contributed by atoms with Gasteiger partial charge in [-0.05, 0) is 30.7 Å². The highest BCUT2D eigenvalue weighted by Crippen LogP contribution is 2.25. The average Bonchev–Trinajstić information content (AvgIpc) is 2.54. The molecule has 114 valence electrons. The van der Waals surface area contributed by atoms with Crippen molar-refractivity contribution < 1.29 is 23.5 Å². The summed E-state index contributed by atoms with van der Waals surface area (Å²) in [5.41, 5.74) is 1.08. The summed E-state index contributed by atoms with van der Waals surface area (Å²) in [6.45, 7) is 1.65. The highest BCUT2D eigenvalue weighted by Gasteiger charge is 2.20. The fraction of sp³-hybridized carbons (Fsp3) is 0.176. The molecule has 4 nitrogen and oxygen atoms in total. The molecule has 0 saturated heterocycles. The largest absolute Gasteiger partial charge is 0.494 e. The number of ketones is 1. The van der Waals surface area contributed by atoms with Crippen LogP contribution in [0.25, 0.3) is 0 Å². The number of hydrogen-bond donors (Lipinski definition) is 0. The predicted octanol–water partition coefficient (Wildman–Crippen LogP) is 3.16. The molecule has 0 aromatic heterocycles. The highest BCUT2D eigenvalue weighted by molar-refractivity contribution is 6.10. The van der Waals surface area contributed by atoms with Crippen LogP contribution in [0.2, 0.25) is 0 Å². The van der Waals surface area contributed by atoms with Gasteiger partial charge in [0.05, 0.1) is 25.3 Å². The molecule has 0 spiro atoms. The lowest BCUT2D eigenvalue weighted by Crippen LogP contribution is -2.09. The van der Waals surface area contributed by atoms with Gasteiger partial charge in [0, 0.05) is 5.56 Å². The lowest BCUT2D eigenvalue weighted by molar-refractivity contribution is 0.0600. The van der Waals surface area contributed by atoms with Gasteiger partial charge in [-0.15, -0.1) is 0 Å². The summed E-state index contributed by atoms with van der Waals surface area (Å²) in [5, 5.41) is 0. The Hall–Kier alpha value is -2.69. The number of carbonyl (C=O) groups is 2. The first-order valence-electron chi connectivity index (χ1n) is 6.55. The van der Waals surface area contributed by atoms with Crippen LogP contribution in [-0.2, 0) is 4.74 Å². The van der Waals surface area contributed by atoms with Crippen LogP contribution in [0.5, 0.6) is 5.75 Å². The van der Waals surface area contributed by atoms with Crippen molar-refractivity contribution in [1.29, 1.82) is 0 Å². The normalized spacial score (nSPS) is 10.2. The molecule has 0 unspecified atom stereocenters. The summed E-state index contributed by atoms with van der Waals surface area (Å²) in [7, 11) is 2.61. The summed E-state index contributed by atoms with van der Waals surface area (Å²) >= 11 is 0. The van der Waals surface area contributed by atoms with Gasteiger partial charge in [-0.2, -0.15) is 0 Å². The molecule has 0 saturated carbocycles. The Morgan fingerprint density at radius 1 is 0.955 bits per heavy atom. The zero-order valence-corrected chi connectivity index (χ0v) is 12.5. The van der Waals surface area contributed by atoms with Crippen molar-refractivity contribution in [3.8, 4) is 5.75 Å². The number of rotatable bonds is 4. The maximum Gasteiger partial charge on any atom is 0.337 e. The first kappa shape index (κ1) is 15.7. The fourth-order valence-corrected chi connectivity index (χ4v) is 2.11. The molecule has 0 fully saturated rings. The smallest absolute Gasteiger partial charge is 0.337 e. The zero-order valence-electron chi connectivity index (χ0n) is 12.5. The number of carbonyl (C=O) groups excluding carboxylic acids is 2. The van der Waals surface area contributed by atoms with Crippen molar-refractivity contribution in [2.75, 3.05) is 14.2 Å². The van der Waals surface area contributed by atoms with Crippen molar-refractivity contribution >= 4 is 11.8 Å². The summed E-state index contributed by atoms with van der Waals surface area (Å²) in [4.78, 5) is 23.9. The summed E-state index contributed by atoms with van der Waals surface area (Å²) in [6.07, 6.45) is 0.